The summed E-state index contributed by atoms with van der Waals surface area (Å²) in [5.41, 5.74) is 0. The molecule has 0 bridgehead atoms. The highest BCUT2D eigenvalue weighted by Crippen LogP contribution is 2.16. The van der Waals surface area contributed by atoms with Gasteiger partial charge in [-0.3, -0.25) is 15.6 Å². The molecule has 0 unspecified atom stereocenters. The summed E-state index contributed by atoms with van der Waals surface area (Å²) in [6, 6.07) is 0. The fraction of sp³-hybridized carbons (Fsp3) is 0.778. The first-order chi connectivity index (χ1) is 7.43. The fourth-order valence-corrected chi connectivity index (χ4v) is 1.58. The first-order valence-electron chi connectivity index (χ1n) is 5.22. The lowest BCUT2D eigenvalue weighted by atomic mass is 10.3. The molecule has 0 radical (unpaired) electrons. The van der Waals surface area contributed by atoms with E-state index in [1.165, 1.54) is 0 Å². The van der Waals surface area contributed by atoms with Crippen molar-refractivity contribution in [3.05, 3.63) is 0 Å². The van der Waals surface area contributed by atoms with Gasteiger partial charge in [-0.1, -0.05) is 6.92 Å². The molecule has 0 saturated carbocycles. The van der Waals surface area contributed by atoms with Crippen LogP contribution >= 0.6 is 0 Å². The van der Waals surface area contributed by atoms with Crippen molar-refractivity contribution in [1.29, 1.82) is 5.41 Å². The summed E-state index contributed by atoms with van der Waals surface area (Å²) in [7, 11) is 0. The van der Waals surface area contributed by atoms with Gasteiger partial charge in [-0.05, 0) is 13.0 Å². The molecule has 1 aliphatic heterocycles. The van der Waals surface area contributed by atoms with Gasteiger partial charge in [-0.25, -0.2) is 0 Å². The number of amidine groups is 2. The Morgan fingerprint density at radius 3 is 2.81 bits per heavy atom. The SMILES string of the molecule is CCCN1CC[NH2+]C(=NC(=N)C(F)(F)F)C1. The van der Waals surface area contributed by atoms with E-state index in [4.69, 9.17) is 5.41 Å². The van der Waals surface area contributed by atoms with Gasteiger partial charge >= 0.3 is 6.18 Å². The van der Waals surface area contributed by atoms with E-state index in [9.17, 15) is 13.2 Å². The van der Waals surface area contributed by atoms with Crippen LogP contribution in [0.4, 0.5) is 13.2 Å². The van der Waals surface area contributed by atoms with Crippen molar-refractivity contribution >= 4 is 11.7 Å². The van der Waals surface area contributed by atoms with Crippen LogP contribution in [0.15, 0.2) is 4.99 Å². The standard InChI is InChI=1S/C9H15F3N4/c1-2-4-16-5-3-14-7(6-16)15-8(13)9(10,11)12/h2-6H2,1H3,(H2,13,14,15)/p+1. The third-order valence-corrected chi connectivity index (χ3v) is 2.27. The Labute approximate surface area is 92.0 Å². The number of nitrogens with zero attached hydrogens (tertiary/aromatic N) is 2. The molecule has 0 atom stereocenters. The number of hydrogen-bond acceptors (Lipinski definition) is 2. The van der Waals surface area contributed by atoms with Crippen molar-refractivity contribution in [2.75, 3.05) is 26.2 Å². The van der Waals surface area contributed by atoms with Gasteiger partial charge in [0.05, 0.1) is 13.1 Å². The molecule has 1 rings (SSSR count). The second kappa shape index (κ2) is 5.40. The van der Waals surface area contributed by atoms with E-state index < -0.39 is 12.0 Å². The van der Waals surface area contributed by atoms with Crippen LogP contribution in [0.3, 0.4) is 0 Å². The molecule has 7 heteroatoms. The number of piperazine rings is 1. The molecule has 92 valence electrons. The summed E-state index contributed by atoms with van der Waals surface area (Å²) in [5.74, 6) is -1.17. The molecule has 1 aliphatic rings. The zero-order chi connectivity index (χ0) is 12.2. The highest BCUT2D eigenvalue weighted by atomic mass is 19.4. The van der Waals surface area contributed by atoms with Crippen LogP contribution in [0.25, 0.3) is 0 Å². The van der Waals surface area contributed by atoms with Crippen molar-refractivity contribution < 1.29 is 18.5 Å². The minimum absolute atomic E-state index is 0.349. The van der Waals surface area contributed by atoms with Crippen LogP contribution in [0.5, 0.6) is 0 Å². The quantitative estimate of drug-likeness (QED) is 0.523. The second-order valence-electron chi connectivity index (χ2n) is 3.72. The molecule has 0 amide bonds. The lowest BCUT2D eigenvalue weighted by molar-refractivity contribution is -0.549. The number of alkyl halides is 3. The van der Waals surface area contributed by atoms with Crippen LogP contribution in [0.1, 0.15) is 13.3 Å². The first kappa shape index (κ1) is 13.1. The maximum atomic E-state index is 12.1. The first-order valence-corrected chi connectivity index (χ1v) is 5.22. The number of nitrogens with one attached hydrogen (secondary N) is 1. The number of quaternary nitrogens is 1. The van der Waals surface area contributed by atoms with E-state index in [0.717, 1.165) is 19.5 Å². The molecule has 1 fully saturated rings. The van der Waals surface area contributed by atoms with E-state index in [1.807, 2.05) is 11.8 Å². The van der Waals surface area contributed by atoms with Crippen LogP contribution in [0.2, 0.25) is 0 Å². The van der Waals surface area contributed by atoms with Gasteiger partial charge in [0.2, 0.25) is 11.7 Å². The molecule has 0 aromatic heterocycles. The van der Waals surface area contributed by atoms with Gasteiger partial charge in [-0.15, -0.1) is 0 Å². The number of rotatable bonds is 2. The average Bonchev–Trinajstić information content (AvgIpc) is 2.17. The maximum absolute atomic E-state index is 12.1. The Morgan fingerprint density at radius 2 is 2.25 bits per heavy atom. The van der Waals surface area contributed by atoms with E-state index in [1.54, 1.807) is 5.32 Å². The minimum Gasteiger partial charge on any atom is -0.299 e. The van der Waals surface area contributed by atoms with Crippen molar-refractivity contribution in [2.45, 2.75) is 19.5 Å². The number of hydrogen-bond donors (Lipinski definition) is 2. The fourth-order valence-electron chi connectivity index (χ4n) is 1.58. The predicted octanol–water partition coefficient (Wildman–Crippen LogP) is 0.213. The zero-order valence-electron chi connectivity index (χ0n) is 9.14. The predicted molar refractivity (Wildman–Crippen MR) is 54.7 cm³/mol. The molecule has 1 saturated heterocycles. The Morgan fingerprint density at radius 1 is 1.56 bits per heavy atom. The Hall–Kier alpha value is -0.950. The molecule has 1 heterocycles. The monoisotopic (exact) mass is 237 g/mol. The highest BCUT2D eigenvalue weighted by molar-refractivity contribution is 5.95. The summed E-state index contributed by atoms with van der Waals surface area (Å²) >= 11 is 0. The molecule has 4 nitrogen and oxygen atoms in total. The van der Waals surface area contributed by atoms with Gasteiger partial charge in [0, 0.05) is 6.54 Å². The summed E-state index contributed by atoms with van der Waals surface area (Å²) in [6.07, 6.45) is -3.68. The molecule has 3 N–H and O–H groups in total. The largest absolute Gasteiger partial charge is 0.451 e. The second-order valence-corrected chi connectivity index (χ2v) is 3.72. The number of halogens is 3. The summed E-state index contributed by atoms with van der Waals surface area (Å²) in [5, 5.41) is 8.47. The Kier molecular flexibility index (Phi) is 4.43. The molecule has 0 aromatic carbocycles. The number of nitrogens with two attached hydrogens (primary N) is 1. The summed E-state index contributed by atoms with van der Waals surface area (Å²) in [4.78, 5) is 5.36. The van der Waals surface area contributed by atoms with E-state index in [-0.39, 0.29) is 0 Å². The van der Waals surface area contributed by atoms with Crippen LogP contribution in [-0.4, -0.2) is 48.9 Å². The third-order valence-electron chi connectivity index (χ3n) is 2.27. The van der Waals surface area contributed by atoms with Crippen molar-refractivity contribution in [3.8, 4) is 0 Å². The van der Waals surface area contributed by atoms with Gasteiger partial charge in [0.1, 0.15) is 0 Å². The van der Waals surface area contributed by atoms with Gasteiger partial charge in [0.15, 0.2) is 0 Å². The molecular weight excluding hydrogens is 221 g/mol. The lowest BCUT2D eigenvalue weighted by Gasteiger charge is -2.24. The molecule has 0 spiro atoms. The van der Waals surface area contributed by atoms with Crippen molar-refractivity contribution in [1.82, 2.24) is 4.90 Å². The summed E-state index contributed by atoms with van der Waals surface area (Å²) in [6.45, 7) is 4.83. The van der Waals surface area contributed by atoms with Crippen molar-refractivity contribution in [2.24, 2.45) is 4.99 Å². The average molecular weight is 237 g/mol. The molecule has 0 aliphatic carbocycles. The highest BCUT2D eigenvalue weighted by Gasteiger charge is 2.35. The van der Waals surface area contributed by atoms with Crippen LogP contribution in [0, 0.1) is 5.41 Å². The van der Waals surface area contributed by atoms with Crippen LogP contribution < -0.4 is 5.32 Å². The normalized spacial score (nSPS) is 21.4. The van der Waals surface area contributed by atoms with Gasteiger partial charge in [0.25, 0.3) is 0 Å². The topological polar surface area (TPSA) is 56.1 Å². The maximum Gasteiger partial charge on any atom is 0.451 e. The molecular formula is C9H16F3N4+. The third kappa shape index (κ3) is 3.90. The minimum atomic E-state index is -4.64. The smallest absolute Gasteiger partial charge is 0.299 e. The van der Waals surface area contributed by atoms with Gasteiger partial charge in [-0.2, -0.15) is 18.2 Å². The number of aliphatic imine (C=N–C) groups is 1. The lowest BCUT2D eigenvalue weighted by Crippen LogP contribution is -2.93. The molecule has 0 aromatic rings. The van der Waals surface area contributed by atoms with E-state index in [2.05, 4.69) is 4.99 Å². The zero-order valence-corrected chi connectivity index (χ0v) is 9.14. The van der Waals surface area contributed by atoms with Gasteiger partial charge < -0.3 is 0 Å². The Balaban J connectivity index is 2.59. The van der Waals surface area contributed by atoms with Crippen molar-refractivity contribution in [3.63, 3.8) is 0 Å². The van der Waals surface area contributed by atoms with E-state index in [0.29, 0.717) is 18.9 Å². The Bertz CT molecular complexity index is 283. The van der Waals surface area contributed by atoms with E-state index >= 15 is 0 Å². The summed E-state index contributed by atoms with van der Waals surface area (Å²) < 4.78 is 36.3. The molecule has 16 heavy (non-hydrogen) atoms. The van der Waals surface area contributed by atoms with Crippen LogP contribution in [-0.2, 0) is 0 Å².